The normalized spacial score (nSPS) is 18.3. The monoisotopic (exact) mass is 437 g/mol. The number of aryl methyl sites for hydroxylation is 1. The average molecular weight is 438 g/mol. The number of methoxy groups -OCH3 is 2. The molecule has 1 heterocycles. The van der Waals surface area contributed by atoms with Gasteiger partial charge in [-0.25, -0.2) is 0 Å². The largest absolute Gasteiger partial charge is 0.507 e. The fourth-order valence-electron chi connectivity index (χ4n) is 3.99. The van der Waals surface area contributed by atoms with Gasteiger partial charge in [0, 0.05) is 19.2 Å². The van der Waals surface area contributed by atoms with Crippen molar-refractivity contribution in [3.05, 3.63) is 70.3 Å². The number of carbonyl (C=O) groups is 2. The number of benzene rings is 2. The highest BCUT2D eigenvalue weighted by Gasteiger charge is 2.46. The number of aliphatic hydroxyl groups excluding tert-OH is 1. The average Bonchev–Trinajstić information content (AvgIpc) is 3.01. The Morgan fingerprint density at radius 1 is 1.06 bits per heavy atom. The third-order valence-electron chi connectivity index (χ3n) is 5.86. The Morgan fingerprint density at radius 2 is 1.72 bits per heavy atom. The number of hydrogen-bond acceptors (Lipinski definition) is 5. The zero-order valence-corrected chi connectivity index (χ0v) is 19.6. The molecule has 2 aromatic carbocycles. The van der Waals surface area contributed by atoms with Gasteiger partial charge < -0.3 is 19.5 Å². The molecule has 6 nitrogen and oxygen atoms in total. The Morgan fingerprint density at radius 3 is 2.25 bits per heavy atom. The van der Waals surface area contributed by atoms with Gasteiger partial charge in [0.15, 0.2) is 0 Å². The molecule has 2 aromatic rings. The molecular weight excluding hydrogens is 406 g/mol. The summed E-state index contributed by atoms with van der Waals surface area (Å²) in [7, 11) is 3.11. The van der Waals surface area contributed by atoms with Gasteiger partial charge in [0.25, 0.3) is 11.7 Å². The number of Topliss-reactive ketones (excluding diaryl/α,β-unsaturated/α-hetero) is 1. The molecule has 1 fully saturated rings. The maximum atomic E-state index is 13.1. The quantitative estimate of drug-likeness (QED) is 0.413. The van der Waals surface area contributed by atoms with Gasteiger partial charge in [0.05, 0.1) is 25.3 Å². The van der Waals surface area contributed by atoms with E-state index in [1.807, 2.05) is 31.2 Å². The van der Waals surface area contributed by atoms with Crippen molar-refractivity contribution in [2.24, 2.45) is 0 Å². The van der Waals surface area contributed by atoms with E-state index < -0.39 is 17.7 Å². The number of ketones is 1. The summed E-state index contributed by atoms with van der Waals surface area (Å²) in [5, 5.41) is 11.2. The molecule has 1 saturated heterocycles. The van der Waals surface area contributed by atoms with Crippen LogP contribution in [0.15, 0.2) is 48.0 Å². The topological polar surface area (TPSA) is 76.1 Å². The number of ether oxygens (including phenoxy) is 2. The molecule has 1 unspecified atom stereocenters. The SMILES string of the molecule is COCCN1C(=O)C(=O)C(=C(O)c2ccc(OC)cc2C)C1c1ccc(C(C)(C)C)cc1. The van der Waals surface area contributed by atoms with Crippen LogP contribution in [0.2, 0.25) is 0 Å². The molecule has 3 rings (SSSR count). The maximum Gasteiger partial charge on any atom is 0.295 e. The lowest BCUT2D eigenvalue weighted by atomic mass is 9.85. The van der Waals surface area contributed by atoms with Crippen LogP contribution in [0.25, 0.3) is 5.76 Å². The van der Waals surface area contributed by atoms with Crippen molar-refractivity contribution in [2.75, 3.05) is 27.4 Å². The number of rotatable bonds is 6. The fraction of sp³-hybridized carbons (Fsp3) is 0.385. The van der Waals surface area contributed by atoms with Gasteiger partial charge in [-0.1, -0.05) is 45.0 Å². The van der Waals surface area contributed by atoms with Gasteiger partial charge in [-0.2, -0.15) is 0 Å². The highest BCUT2D eigenvalue weighted by Crippen LogP contribution is 2.40. The molecule has 0 saturated carbocycles. The first-order valence-electron chi connectivity index (χ1n) is 10.6. The Balaban J connectivity index is 2.16. The molecule has 1 N–H and O–H groups in total. The predicted octanol–water partition coefficient (Wildman–Crippen LogP) is 4.37. The van der Waals surface area contributed by atoms with Gasteiger partial charge in [0.2, 0.25) is 0 Å². The summed E-state index contributed by atoms with van der Waals surface area (Å²) >= 11 is 0. The Labute approximate surface area is 189 Å². The molecule has 0 spiro atoms. The van der Waals surface area contributed by atoms with Crippen molar-refractivity contribution in [3.63, 3.8) is 0 Å². The molecule has 1 aliphatic rings. The lowest BCUT2D eigenvalue weighted by molar-refractivity contribution is -0.140. The van der Waals surface area contributed by atoms with Crippen LogP contribution in [0.3, 0.4) is 0 Å². The molecule has 32 heavy (non-hydrogen) atoms. The number of carbonyl (C=O) groups excluding carboxylic acids is 2. The Kier molecular flexibility index (Phi) is 6.74. The molecule has 6 heteroatoms. The van der Waals surface area contributed by atoms with Crippen LogP contribution in [0, 0.1) is 6.92 Å². The van der Waals surface area contributed by atoms with E-state index in [2.05, 4.69) is 20.8 Å². The third kappa shape index (κ3) is 4.41. The second-order valence-corrected chi connectivity index (χ2v) is 9.04. The smallest absolute Gasteiger partial charge is 0.295 e. The summed E-state index contributed by atoms with van der Waals surface area (Å²) in [6, 6.07) is 12.4. The van der Waals surface area contributed by atoms with Gasteiger partial charge in [-0.15, -0.1) is 0 Å². The van der Waals surface area contributed by atoms with Gasteiger partial charge in [0.1, 0.15) is 11.5 Å². The number of amides is 1. The Bertz CT molecular complexity index is 1050. The molecule has 0 aromatic heterocycles. The summed E-state index contributed by atoms with van der Waals surface area (Å²) in [4.78, 5) is 27.4. The van der Waals surface area contributed by atoms with Crippen LogP contribution in [0.5, 0.6) is 5.75 Å². The molecular formula is C26H31NO5. The van der Waals surface area contributed by atoms with Crippen molar-refractivity contribution < 1.29 is 24.2 Å². The van der Waals surface area contributed by atoms with Crippen molar-refractivity contribution in [3.8, 4) is 5.75 Å². The molecule has 170 valence electrons. The minimum atomic E-state index is -0.696. The van der Waals surface area contributed by atoms with Crippen LogP contribution in [-0.4, -0.2) is 49.1 Å². The van der Waals surface area contributed by atoms with E-state index in [-0.39, 0.29) is 29.9 Å². The zero-order valence-electron chi connectivity index (χ0n) is 19.6. The highest BCUT2D eigenvalue weighted by atomic mass is 16.5. The van der Waals surface area contributed by atoms with Gasteiger partial charge in [-0.3, -0.25) is 9.59 Å². The second kappa shape index (κ2) is 9.17. The fourth-order valence-corrected chi connectivity index (χ4v) is 3.99. The number of nitrogens with zero attached hydrogens (tertiary/aromatic N) is 1. The van der Waals surface area contributed by atoms with Crippen molar-refractivity contribution in [2.45, 2.75) is 39.2 Å². The maximum absolute atomic E-state index is 13.1. The standard InChI is InChI=1S/C26H31NO5/c1-16-15-19(32-6)11-12-20(16)23(28)21-22(27(13-14-31-5)25(30)24(21)29)17-7-9-18(10-8-17)26(2,3)4/h7-12,15,22,28H,13-14H2,1-6H3. The van der Waals surface area contributed by atoms with Gasteiger partial charge in [-0.05, 0) is 47.2 Å². The first-order valence-corrected chi connectivity index (χ1v) is 10.6. The summed E-state index contributed by atoms with van der Waals surface area (Å²) in [6.45, 7) is 8.72. The van der Waals surface area contributed by atoms with E-state index in [4.69, 9.17) is 9.47 Å². The van der Waals surface area contributed by atoms with Crippen molar-refractivity contribution in [1.82, 2.24) is 4.90 Å². The van der Waals surface area contributed by atoms with E-state index in [9.17, 15) is 14.7 Å². The van der Waals surface area contributed by atoms with Crippen LogP contribution >= 0.6 is 0 Å². The summed E-state index contributed by atoms with van der Waals surface area (Å²) in [6.07, 6.45) is 0. The molecule has 1 amide bonds. The van der Waals surface area contributed by atoms with E-state index in [1.165, 1.54) is 4.90 Å². The highest BCUT2D eigenvalue weighted by molar-refractivity contribution is 6.46. The second-order valence-electron chi connectivity index (χ2n) is 9.04. The van der Waals surface area contributed by atoms with Crippen LogP contribution in [-0.2, 0) is 19.7 Å². The minimum absolute atomic E-state index is 0.0312. The third-order valence-corrected chi connectivity index (χ3v) is 5.86. The summed E-state index contributed by atoms with van der Waals surface area (Å²) < 4.78 is 10.4. The van der Waals surface area contributed by atoms with Crippen LogP contribution in [0.1, 0.15) is 49.1 Å². The molecule has 1 aliphatic heterocycles. The van der Waals surface area contributed by atoms with E-state index in [0.717, 1.165) is 16.7 Å². The van der Waals surface area contributed by atoms with Crippen molar-refractivity contribution >= 4 is 17.4 Å². The first-order chi connectivity index (χ1) is 15.1. The predicted molar refractivity (Wildman–Crippen MR) is 124 cm³/mol. The molecule has 0 bridgehead atoms. The number of aliphatic hydroxyl groups is 1. The molecule has 0 radical (unpaired) electrons. The van der Waals surface area contributed by atoms with Gasteiger partial charge >= 0.3 is 0 Å². The van der Waals surface area contributed by atoms with E-state index in [1.54, 1.807) is 32.4 Å². The van der Waals surface area contributed by atoms with Crippen LogP contribution in [0.4, 0.5) is 0 Å². The van der Waals surface area contributed by atoms with E-state index >= 15 is 0 Å². The molecule has 0 aliphatic carbocycles. The Hall–Kier alpha value is -3.12. The number of hydrogen-bond donors (Lipinski definition) is 1. The first kappa shape index (κ1) is 23.5. The zero-order chi connectivity index (χ0) is 23.6. The summed E-state index contributed by atoms with van der Waals surface area (Å²) in [5.74, 6) is -0.874. The van der Waals surface area contributed by atoms with Crippen LogP contribution < -0.4 is 4.74 Å². The molecule has 1 atom stereocenters. The lowest BCUT2D eigenvalue weighted by Crippen LogP contribution is -2.32. The minimum Gasteiger partial charge on any atom is -0.507 e. The van der Waals surface area contributed by atoms with E-state index in [0.29, 0.717) is 11.3 Å². The summed E-state index contributed by atoms with van der Waals surface area (Å²) in [5.41, 5.74) is 3.19. The number of likely N-dealkylation sites (tertiary alicyclic amines) is 1. The van der Waals surface area contributed by atoms with Crippen molar-refractivity contribution in [1.29, 1.82) is 0 Å². The lowest BCUT2D eigenvalue weighted by Gasteiger charge is -2.26.